The Bertz CT molecular complexity index is 1090. The molecule has 0 radical (unpaired) electrons. The van der Waals surface area contributed by atoms with E-state index in [0.717, 1.165) is 39.2 Å². The third-order valence-corrected chi connectivity index (χ3v) is 4.88. The zero-order valence-electron chi connectivity index (χ0n) is 16.1. The molecule has 6 nitrogen and oxygen atoms in total. The van der Waals surface area contributed by atoms with Crippen LogP contribution in [0.4, 0.5) is 0 Å². The Hall–Kier alpha value is -3.06. The number of nitrogens with one attached hydrogen (secondary N) is 1. The second kappa shape index (κ2) is 8.96. The van der Waals surface area contributed by atoms with E-state index in [1.807, 2.05) is 66.7 Å². The zero-order chi connectivity index (χ0) is 20.1. The third-order valence-electron chi connectivity index (χ3n) is 4.88. The minimum Gasteiger partial charge on any atom is -0.395 e. The second-order valence-corrected chi connectivity index (χ2v) is 6.95. The summed E-state index contributed by atoms with van der Waals surface area (Å²) in [4.78, 5) is 4.69. The van der Waals surface area contributed by atoms with Crippen LogP contribution in [0.15, 0.2) is 71.3 Å². The molecule has 6 heteroatoms. The molecule has 0 saturated carbocycles. The monoisotopic (exact) mass is 388 g/mol. The summed E-state index contributed by atoms with van der Waals surface area (Å²) in [6.45, 7) is 1.27. The fraction of sp³-hybridized carbons (Fsp3) is 0.217. The predicted octanol–water partition coefficient (Wildman–Crippen LogP) is 3.21. The topological polar surface area (TPSA) is 97.2 Å². The molecule has 0 aliphatic heterocycles. The highest BCUT2D eigenvalue weighted by Gasteiger charge is 2.18. The smallest absolute Gasteiger partial charge is 0.167 e. The standard InChI is InChI=1S/C23H24N4O2/c24-21(14-16-6-5-7-17(26-16)15-25-12-13-28)18-8-1-2-9-19(18)23-20-10-3-4-11-22(20)29-27-23/h1-11,21,25,28H,12-15,24H2/t21-/m0/s1. The van der Waals surface area contributed by atoms with Crippen molar-refractivity contribution in [2.45, 2.75) is 19.0 Å². The maximum atomic E-state index is 8.90. The van der Waals surface area contributed by atoms with Crippen molar-refractivity contribution < 1.29 is 9.63 Å². The molecule has 2 aromatic carbocycles. The van der Waals surface area contributed by atoms with Gasteiger partial charge in [0.1, 0.15) is 5.69 Å². The predicted molar refractivity (Wildman–Crippen MR) is 113 cm³/mol. The molecule has 0 spiro atoms. The molecule has 148 valence electrons. The number of benzene rings is 2. The van der Waals surface area contributed by atoms with E-state index >= 15 is 0 Å². The number of aromatic nitrogens is 2. The summed E-state index contributed by atoms with van der Waals surface area (Å²) in [5.74, 6) is 0. The van der Waals surface area contributed by atoms with E-state index in [2.05, 4.69) is 10.5 Å². The molecule has 0 amide bonds. The van der Waals surface area contributed by atoms with Crippen molar-refractivity contribution >= 4 is 11.0 Å². The van der Waals surface area contributed by atoms with Gasteiger partial charge in [0.25, 0.3) is 0 Å². The molecule has 1 atom stereocenters. The Morgan fingerprint density at radius 1 is 0.966 bits per heavy atom. The molecule has 4 rings (SSSR count). The van der Waals surface area contributed by atoms with E-state index in [0.29, 0.717) is 19.5 Å². The van der Waals surface area contributed by atoms with Crippen LogP contribution in [0.2, 0.25) is 0 Å². The van der Waals surface area contributed by atoms with Gasteiger partial charge in [-0.05, 0) is 29.8 Å². The molecular formula is C23H24N4O2. The number of rotatable bonds is 8. The van der Waals surface area contributed by atoms with Crippen LogP contribution < -0.4 is 11.1 Å². The Balaban J connectivity index is 1.59. The molecule has 2 heterocycles. The lowest BCUT2D eigenvalue weighted by Crippen LogP contribution is -2.19. The number of hydrogen-bond donors (Lipinski definition) is 3. The van der Waals surface area contributed by atoms with Gasteiger partial charge in [0, 0.05) is 42.2 Å². The largest absolute Gasteiger partial charge is 0.395 e. The van der Waals surface area contributed by atoms with Gasteiger partial charge in [-0.15, -0.1) is 0 Å². The van der Waals surface area contributed by atoms with Gasteiger partial charge >= 0.3 is 0 Å². The highest BCUT2D eigenvalue weighted by molar-refractivity contribution is 5.92. The fourth-order valence-corrected chi connectivity index (χ4v) is 3.49. The Kier molecular flexibility index (Phi) is 5.95. The van der Waals surface area contributed by atoms with Crippen molar-refractivity contribution in [1.29, 1.82) is 0 Å². The third kappa shape index (κ3) is 4.35. The van der Waals surface area contributed by atoms with E-state index in [1.165, 1.54) is 0 Å². The lowest BCUT2D eigenvalue weighted by atomic mass is 9.94. The van der Waals surface area contributed by atoms with Gasteiger partial charge in [0.2, 0.25) is 0 Å². The normalized spacial score (nSPS) is 12.3. The number of nitrogens with zero attached hydrogens (tertiary/aromatic N) is 2. The first-order valence-electron chi connectivity index (χ1n) is 9.72. The molecule has 0 fully saturated rings. The van der Waals surface area contributed by atoms with Crippen LogP contribution in [-0.2, 0) is 13.0 Å². The summed E-state index contributed by atoms with van der Waals surface area (Å²) in [6.07, 6.45) is 0.612. The van der Waals surface area contributed by atoms with Crippen molar-refractivity contribution in [2.24, 2.45) is 5.73 Å². The van der Waals surface area contributed by atoms with Gasteiger partial charge in [0.05, 0.1) is 12.3 Å². The summed E-state index contributed by atoms with van der Waals surface area (Å²) in [7, 11) is 0. The van der Waals surface area contributed by atoms with Crippen LogP contribution in [-0.4, -0.2) is 28.4 Å². The van der Waals surface area contributed by atoms with Crippen molar-refractivity contribution in [2.75, 3.05) is 13.2 Å². The SMILES string of the molecule is N[C@@H](Cc1cccc(CNCCO)n1)c1ccccc1-c1noc2ccccc12. The average molecular weight is 388 g/mol. The van der Waals surface area contributed by atoms with Crippen molar-refractivity contribution in [3.05, 3.63) is 83.7 Å². The summed E-state index contributed by atoms with van der Waals surface area (Å²) in [5, 5.41) is 17.3. The van der Waals surface area contributed by atoms with Crippen LogP contribution in [0.5, 0.6) is 0 Å². The zero-order valence-corrected chi connectivity index (χ0v) is 16.1. The molecule has 0 bridgehead atoms. The van der Waals surface area contributed by atoms with E-state index in [-0.39, 0.29) is 12.6 Å². The first kappa shape index (κ1) is 19.3. The summed E-state index contributed by atoms with van der Waals surface area (Å²) in [5.41, 5.74) is 12.0. The Morgan fingerprint density at radius 2 is 1.76 bits per heavy atom. The molecule has 29 heavy (non-hydrogen) atoms. The molecule has 2 aromatic heterocycles. The number of nitrogens with two attached hydrogens (primary N) is 1. The van der Waals surface area contributed by atoms with Gasteiger partial charge in [-0.25, -0.2) is 0 Å². The van der Waals surface area contributed by atoms with E-state index in [4.69, 9.17) is 20.3 Å². The number of fused-ring (bicyclic) bond motifs is 1. The summed E-state index contributed by atoms with van der Waals surface area (Å²) < 4.78 is 5.49. The van der Waals surface area contributed by atoms with E-state index in [9.17, 15) is 0 Å². The molecule has 0 unspecified atom stereocenters. The first-order valence-corrected chi connectivity index (χ1v) is 9.72. The van der Waals surface area contributed by atoms with Gasteiger partial charge < -0.3 is 20.7 Å². The highest BCUT2D eigenvalue weighted by atomic mass is 16.5. The van der Waals surface area contributed by atoms with Crippen molar-refractivity contribution in [3.63, 3.8) is 0 Å². The second-order valence-electron chi connectivity index (χ2n) is 6.95. The van der Waals surface area contributed by atoms with E-state index < -0.39 is 0 Å². The van der Waals surface area contributed by atoms with Crippen LogP contribution in [0, 0.1) is 0 Å². The van der Waals surface area contributed by atoms with Gasteiger partial charge in [-0.2, -0.15) is 0 Å². The number of para-hydroxylation sites is 1. The molecule has 0 aliphatic rings. The summed E-state index contributed by atoms with van der Waals surface area (Å²) in [6, 6.07) is 21.6. The first-order chi connectivity index (χ1) is 14.3. The maximum absolute atomic E-state index is 8.90. The number of pyridine rings is 1. The van der Waals surface area contributed by atoms with Crippen LogP contribution >= 0.6 is 0 Å². The lowest BCUT2D eigenvalue weighted by Gasteiger charge is -2.16. The van der Waals surface area contributed by atoms with Crippen LogP contribution in [0.1, 0.15) is 23.0 Å². The van der Waals surface area contributed by atoms with Gasteiger partial charge in [0.15, 0.2) is 5.58 Å². The lowest BCUT2D eigenvalue weighted by molar-refractivity contribution is 0.291. The van der Waals surface area contributed by atoms with Crippen molar-refractivity contribution in [3.8, 4) is 11.3 Å². The molecule has 0 aliphatic carbocycles. The number of aliphatic hydroxyl groups excluding tert-OH is 1. The molecule has 4 aromatic rings. The quantitative estimate of drug-likeness (QED) is 0.401. The Morgan fingerprint density at radius 3 is 2.66 bits per heavy atom. The van der Waals surface area contributed by atoms with Crippen LogP contribution in [0.25, 0.3) is 22.2 Å². The highest BCUT2D eigenvalue weighted by Crippen LogP contribution is 2.33. The van der Waals surface area contributed by atoms with Crippen molar-refractivity contribution in [1.82, 2.24) is 15.5 Å². The summed E-state index contributed by atoms with van der Waals surface area (Å²) >= 11 is 0. The molecule has 0 saturated heterocycles. The van der Waals surface area contributed by atoms with Crippen LogP contribution in [0.3, 0.4) is 0 Å². The minimum atomic E-state index is -0.227. The number of aliphatic hydroxyl groups is 1. The number of hydrogen-bond acceptors (Lipinski definition) is 6. The Labute approximate surface area is 169 Å². The average Bonchev–Trinajstić information content (AvgIpc) is 3.18. The molecule has 4 N–H and O–H groups in total. The van der Waals surface area contributed by atoms with Gasteiger partial charge in [-0.1, -0.05) is 47.6 Å². The molecular weight excluding hydrogens is 364 g/mol. The fourth-order valence-electron chi connectivity index (χ4n) is 3.49. The minimum absolute atomic E-state index is 0.109. The van der Waals surface area contributed by atoms with Gasteiger partial charge in [-0.3, -0.25) is 4.98 Å². The maximum Gasteiger partial charge on any atom is 0.167 e. The van der Waals surface area contributed by atoms with E-state index in [1.54, 1.807) is 0 Å².